The summed E-state index contributed by atoms with van der Waals surface area (Å²) < 4.78 is 1.63. The Labute approximate surface area is 163 Å². The number of aromatic nitrogens is 2. The van der Waals surface area contributed by atoms with E-state index < -0.39 is 0 Å². The highest BCUT2D eigenvalue weighted by Crippen LogP contribution is 2.31. The van der Waals surface area contributed by atoms with Gasteiger partial charge in [0.05, 0.1) is 5.69 Å². The van der Waals surface area contributed by atoms with E-state index in [1.54, 1.807) is 4.68 Å². The van der Waals surface area contributed by atoms with Crippen LogP contribution in [0.5, 0.6) is 0 Å². The first-order valence-electron chi connectivity index (χ1n) is 10.00. The molecule has 3 aromatic rings. The zero-order valence-corrected chi connectivity index (χ0v) is 15.7. The molecule has 0 saturated carbocycles. The van der Waals surface area contributed by atoms with Gasteiger partial charge in [-0.25, -0.2) is 4.68 Å². The first kappa shape index (κ1) is 17.0. The van der Waals surface area contributed by atoms with Gasteiger partial charge >= 0.3 is 0 Å². The van der Waals surface area contributed by atoms with Crippen molar-refractivity contribution in [2.45, 2.75) is 32.1 Å². The van der Waals surface area contributed by atoms with Crippen LogP contribution in [0.3, 0.4) is 0 Å². The number of amides is 1. The second-order valence-corrected chi connectivity index (χ2v) is 7.69. The van der Waals surface area contributed by atoms with Gasteiger partial charge in [-0.3, -0.25) is 14.7 Å². The fourth-order valence-electron chi connectivity index (χ4n) is 4.56. The van der Waals surface area contributed by atoms with Gasteiger partial charge in [-0.1, -0.05) is 36.4 Å². The molecule has 0 radical (unpaired) electrons. The van der Waals surface area contributed by atoms with Crippen molar-refractivity contribution in [1.29, 1.82) is 0 Å². The van der Waals surface area contributed by atoms with Crippen LogP contribution in [0, 0.1) is 5.92 Å². The number of nitrogens with one attached hydrogen (secondary N) is 1. The lowest BCUT2D eigenvalue weighted by Gasteiger charge is -2.23. The van der Waals surface area contributed by atoms with Crippen molar-refractivity contribution in [2.24, 2.45) is 5.92 Å². The fourth-order valence-corrected chi connectivity index (χ4v) is 4.56. The van der Waals surface area contributed by atoms with Gasteiger partial charge in [-0.2, -0.15) is 0 Å². The van der Waals surface area contributed by atoms with Crippen LogP contribution in [0.25, 0.3) is 5.69 Å². The molecule has 1 amide bonds. The third-order valence-electron chi connectivity index (χ3n) is 6.07. The third-order valence-corrected chi connectivity index (χ3v) is 6.07. The molecule has 5 rings (SSSR count). The van der Waals surface area contributed by atoms with E-state index in [0.717, 1.165) is 54.9 Å². The van der Waals surface area contributed by atoms with Gasteiger partial charge in [0.15, 0.2) is 0 Å². The van der Waals surface area contributed by atoms with Crippen LogP contribution in [0.2, 0.25) is 0 Å². The maximum absolute atomic E-state index is 13.2. The average Bonchev–Trinajstić information content (AvgIpc) is 3.22. The van der Waals surface area contributed by atoms with Crippen molar-refractivity contribution in [2.75, 3.05) is 11.4 Å². The smallest absolute Gasteiger partial charge is 0.274 e. The van der Waals surface area contributed by atoms with Gasteiger partial charge < -0.3 is 4.90 Å². The van der Waals surface area contributed by atoms with Crippen molar-refractivity contribution < 1.29 is 4.79 Å². The molecule has 1 atom stereocenters. The largest absolute Gasteiger partial charge is 0.312 e. The predicted octanol–water partition coefficient (Wildman–Crippen LogP) is 3.25. The number of aryl methyl sites for hydroxylation is 1. The summed E-state index contributed by atoms with van der Waals surface area (Å²) >= 11 is 0. The van der Waals surface area contributed by atoms with Crippen molar-refractivity contribution in [3.63, 3.8) is 0 Å². The van der Waals surface area contributed by atoms with Crippen molar-refractivity contribution >= 4 is 11.6 Å². The second kappa shape index (κ2) is 6.82. The number of nitrogens with zero attached hydrogens (tertiary/aromatic N) is 2. The molecule has 142 valence electrons. The average molecular weight is 373 g/mol. The van der Waals surface area contributed by atoms with E-state index in [1.807, 2.05) is 53.4 Å². The van der Waals surface area contributed by atoms with Crippen LogP contribution in [-0.4, -0.2) is 22.2 Å². The van der Waals surface area contributed by atoms with Gasteiger partial charge in [-0.15, -0.1) is 0 Å². The summed E-state index contributed by atoms with van der Waals surface area (Å²) in [6.45, 7) is 0.765. The number of carbonyl (C=O) groups is 1. The highest BCUT2D eigenvalue weighted by atomic mass is 16.2. The first-order valence-corrected chi connectivity index (χ1v) is 10.00. The summed E-state index contributed by atoms with van der Waals surface area (Å²) in [5.74, 6) is 0.176. The Morgan fingerprint density at radius 2 is 1.68 bits per heavy atom. The van der Waals surface area contributed by atoms with Gasteiger partial charge in [-0.05, 0) is 55.9 Å². The Kier molecular flexibility index (Phi) is 4.15. The predicted molar refractivity (Wildman–Crippen MR) is 109 cm³/mol. The standard InChI is InChI=1S/C23H23N3O2/c27-22(25-15-14-16-6-4-5-9-21(16)25)17-10-12-19-20(13-11-17)24-26(23(19)28)18-7-2-1-3-8-18/h1-9,17,24H,10-15H2. The van der Waals surface area contributed by atoms with Crippen LogP contribution in [0.15, 0.2) is 59.4 Å². The summed E-state index contributed by atoms with van der Waals surface area (Å²) in [5.41, 5.74) is 4.98. The number of para-hydroxylation sites is 2. The summed E-state index contributed by atoms with van der Waals surface area (Å²) in [7, 11) is 0. The van der Waals surface area contributed by atoms with E-state index in [1.165, 1.54) is 5.56 Å². The van der Waals surface area contributed by atoms with Gasteiger partial charge in [0.2, 0.25) is 5.91 Å². The molecule has 2 heterocycles. The molecule has 0 fully saturated rings. The minimum atomic E-state index is -0.0310. The molecule has 1 unspecified atom stereocenters. The Hall–Kier alpha value is -3.08. The first-order chi connectivity index (χ1) is 13.7. The SMILES string of the molecule is O=C(C1CCc2[nH]n(-c3ccccc3)c(=O)c2CC1)N1CCc2ccccc21. The number of rotatable bonds is 2. The molecule has 28 heavy (non-hydrogen) atoms. The van der Waals surface area contributed by atoms with E-state index in [0.29, 0.717) is 6.42 Å². The van der Waals surface area contributed by atoms with Crippen LogP contribution in [0.4, 0.5) is 5.69 Å². The molecule has 1 aromatic heterocycles. The molecule has 5 nitrogen and oxygen atoms in total. The van der Waals surface area contributed by atoms with E-state index in [2.05, 4.69) is 11.2 Å². The van der Waals surface area contributed by atoms with Crippen LogP contribution < -0.4 is 10.5 Å². The lowest BCUT2D eigenvalue weighted by Crippen LogP contribution is -2.35. The van der Waals surface area contributed by atoms with Crippen LogP contribution in [0.1, 0.15) is 29.7 Å². The monoisotopic (exact) mass is 373 g/mol. The minimum absolute atomic E-state index is 0.0146. The Morgan fingerprint density at radius 3 is 2.54 bits per heavy atom. The summed E-state index contributed by atoms with van der Waals surface area (Å²) in [6.07, 6.45) is 3.81. The van der Waals surface area contributed by atoms with Gasteiger partial charge in [0, 0.05) is 29.4 Å². The number of anilines is 1. The van der Waals surface area contributed by atoms with Crippen molar-refractivity contribution in [3.05, 3.63) is 81.8 Å². The van der Waals surface area contributed by atoms with E-state index in [-0.39, 0.29) is 17.4 Å². The number of benzene rings is 2. The normalized spacial score (nSPS) is 18.4. The second-order valence-electron chi connectivity index (χ2n) is 7.69. The summed E-state index contributed by atoms with van der Waals surface area (Å²) in [6, 6.07) is 17.8. The van der Waals surface area contributed by atoms with Crippen LogP contribution in [-0.2, 0) is 24.1 Å². The zero-order chi connectivity index (χ0) is 19.1. The lowest BCUT2D eigenvalue weighted by atomic mass is 9.98. The quantitative estimate of drug-likeness (QED) is 0.701. The number of hydrogen-bond donors (Lipinski definition) is 1. The third kappa shape index (κ3) is 2.78. The Bertz CT molecular complexity index is 1080. The molecular formula is C23H23N3O2. The van der Waals surface area contributed by atoms with E-state index in [9.17, 15) is 9.59 Å². The van der Waals surface area contributed by atoms with E-state index >= 15 is 0 Å². The Balaban J connectivity index is 1.37. The van der Waals surface area contributed by atoms with Gasteiger partial charge in [0.1, 0.15) is 0 Å². The number of fused-ring (bicyclic) bond motifs is 2. The lowest BCUT2D eigenvalue weighted by molar-refractivity contribution is -0.122. The summed E-state index contributed by atoms with van der Waals surface area (Å²) in [4.78, 5) is 28.0. The molecule has 0 saturated heterocycles. The molecule has 0 bridgehead atoms. The number of H-pyrrole nitrogens is 1. The number of aromatic amines is 1. The molecule has 5 heteroatoms. The Morgan fingerprint density at radius 1 is 0.929 bits per heavy atom. The number of hydrogen-bond acceptors (Lipinski definition) is 2. The maximum Gasteiger partial charge on any atom is 0.274 e. The molecule has 0 spiro atoms. The molecule has 1 aliphatic carbocycles. The zero-order valence-electron chi connectivity index (χ0n) is 15.7. The molecule has 1 N–H and O–H groups in total. The molecule has 2 aromatic carbocycles. The van der Waals surface area contributed by atoms with Gasteiger partial charge in [0.25, 0.3) is 5.56 Å². The van der Waals surface area contributed by atoms with Crippen molar-refractivity contribution in [1.82, 2.24) is 9.78 Å². The molecular weight excluding hydrogens is 350 g/mol. The minimum Gasteiger partial charge on any atom is -0.312 e. The topological polar surface area (TPSA) is 58.1 Å². The highest BCUT2D eigenvalue weighted by molar-refractivity contribution is 5.97. The summed E-state index contributed by atoms with van der Waals surface area (Å²) in [5, 5.41) is 3.28. The fraction of sp³-hybridized carbons (Fsp3) is 0.304. The molecule has 1 aliphatic heterocycles. The number of carbonyl (C=O) groups excluding carboxylic acids is 1. The van der Waals surface area contributed by atoms with Crippen LogP contribution >= 0.6 is 0 Å². The molecule has 2 aliphatic rings. The van der Waals surface area contributed by atoms with Crippen molar-refractivity contribution in [3.8, 4) is 5.69 Å². The van der Waals surface area contributed by atoms with E-state index in [4.69, 9.17) is 0 Å². The maximum atomic E-state index is 13.2. The highest BCUT2D eigenvalue weighted by Gasteiger charge is 2.32.